The van der Waals surface area contributed by atoms with Crippen LogP contribution in [0.25, 0.3) is 0 Å². The second kappa shape index (κ2) is 34.2. The van der Waals surface area contributed by atoms with Crippen LogP contribution in [0.4, 0.5) is 0 Å². The van der Waals surface area contributed by atoms with Crippen molar-refractivity contribution in [2.24, 2.45) is 0 Å². The van der Waals surface area contributed by atoms with Crippen LogP contribution < -0.4 is 5.32 Å². The minimum absolute atomic E-state index is 0.0491. The predicted octanol–water partition coefficient (Wildman–Crippen LogP) is 9.81. The molecule has 0 aromatic heterocycles. The Balaban J connectivity index is 3.79. The van der Waals surface area contributed by atoms with Gasteiger partial charge in [0.1, 0.15) is 0 Å². The third kappa shape index (κ3) is 30.3. The molecule has 5 nitrogen and oxygen atoms in total. The molecule has 256 valence electrons. The molecule has 0 aromatic rings. The smallest absolute Gasteiger partial charge is 0.223 e. The van der Waals surface area contributed by atoms with Crippen molar-refractivity contribution in [3.8, 4) is 0 Å². The summed E-state index contributed by atoms with van der Waals surface area (Å²) in [5.41, 5.74) is 0. The molecule has 0 saturated carbocycles. The molecule has 0 bridgehead atoms. The molecule has 0 fully saturated rings. The highest BCUT2D eigenvalue weighted by molar-refractivity contribution is 5.76. The first-order valence-electron chi connectivity index (χ1n) is 18.4. The molecule has 0 rings (SSSR count). The van der Waals surface area contributed by atoms with Crippen molar-refractivity contribution in [2.45, 2.75) is 186 Å². The van der Waals surface area contributed by atoms with Gasteiger partial charge in [0.15, 0.2) is 0 Å². The van der Waals surface area contributed by atoms with Gasteiger partial charge in [-0.1, -0.05) is 152 Å². The van der Waals surface area contributed by atoms with Crippen molar-refractivity contribution in [3.63, 3.8) is 0 Å². The quantitative estimate of drug-likeness (QED) is 0.0447. The minimum atomic E-state index is -0.969. The molecular formula is C39H71NO4. The Kier molecular flexibility index (Phi) is 32.9. The van der Waals surface area contributed by atoms with E-state index in [2.05, 4.69) is 49.5 Å². The highest BCUT2D eigenvalue weighted by Gasteiger charge is 2.19. The van der Waals surface area contributed by atoms with Gasteiger partial charge >= 0.3 is 0 Å². The van der Waals surface area contributed by atoms with Gasteiger partial charge in [-0.2, -0.15) is 0 Å². The zero-order chi connectivity index (χ0) is 32.4. The summed E-state index contributed by atoms with van der Waals surface area (Å²) in [6, 6.07) is -0.780. The van der Waals surface area contributed by atoms with Gasteiger partial charge in [0, 0.05) is 0 Å². The van der Waals surface area contributed by atoms with E-state index in [1.165, 1.54) is 103 Å². The fraction of sp³-hybridized carbons (Fsp3) is 0.769. The number of aliphatic hydroxyl groups is 3. The summed E-state index contributed by atoms with van der Waals surface area (Å²) >= 11 is 0. The molecule has 5 heteroatoms. The topological polar surface area (TPSA) is 89.8 Å². The van der Waals surface area contributed by atoms with E-state index in [1.54, 1.807) is 6.08 Å². The maximum Gasteiger partial charge on any atom is 0.223 e. The fourth-order valence-corrected chi connectivity index (χ4v) is 5.19. The lowest BCUT2D eigenvalue weighted by Crippen LogP contribution is -2.45. The molecule has 0 saturated heterocycles. The van der Waals surface area contributed by atoms with Crippen LogP contribution in [0.2, 0.25) is 0 Å². The summed E-state index contributed by atoms with van der Waals surface area (Å²) in [7, 11) is 0. The predicted molar refractivity (Wildman–Crippen MR) is 190 cm³/mol. The average Bonchev–Trinajstić information content (AvgIpc) is 3.01. The first-order valence-corrected chi connectivity index (χ1v) is 18.4. The van der Waals surface area contributed by atoms with E-state index in [1.807, 2.05) is 12.2 Å². The van der Waals surface area contributed by atoms with Gasteiger partial charge in [0.25, 0.3) is 0 Å². The van der Waals surface area contributed by atoms with E-state index in [4.69, 9.17) is 0 Å². The van der Waals surface area contributed by atoms with Crippen LogP contribution in [0.3, 0.4) is 0 Å². The van der Waals surface area contributed by atoms with Crippen LogP contribution in [0.5, 0.6) is 0 Å². The van der Waals surface area contributed by atoms with Gasteiger partial charge in [-0.15, -0.1) is 0 Å². The number of rotatable bonds is 32. The third-order valence-corrected chi connectivity index (χ3v) is 8.07. The van der Waals surface area contributed by atoms with Gasteiger partial charge in [-0.05, 0) is 57.8 Å². The molecule has 0 spiro atoms. The van der Waals surface area contributed by atoms with Crippen molar-refractivity contribution >= 4 is 5.91 Å². The van der Waals surface area contributed by atoms with Crippen molar-refractivity contribution in [1.29, 1.82) is 0 Å². The number of carbonyl (C=O) groups is 1. The summed E-state index contributed by atoms with van der Waals surface area (Å²) in [6.07, 6.45) is 42.7. The van der Waals surface area contributed by atoms with Gasteiger partial charge < -0.3 is 20.6 Å². The Morgan fingerprint density at radius 1 is 0.568 bits per heavy atom. The van der Waals surface area contributed by atoms with Gasteiger partial charge in [0.2, 0.25) is 5.91 Å². The third-order valence-electron chi connectivity index (χ3n) is 8.07. The summed E-state index contributed by atoms with van der Waals surface area (Å²) in [6.45, 7) is 4.10. The monoisotopic (exact) mass is 618 g/mol. The normalized spacial score (nSPS) is 14.4. The highest BCUT2D eigenvalue weighted by Crippen LogP contribution is 2.13. The fourth-order valence-electron chi connectivity index (χ4n) is 5.19. The molecule has 0 aromatic carbocycles. The summed E-state index contributed by atoms with van der Waals surface area (Å²) < 4.78 is 0. The van der Waals surface area contributed by atoms with Gasteiger partial charge in [-0.25, -0.2) is 0 Å². The lowest BCUT2D eigenvalue weighted by molar-refractivity contribution is -0.124. The van der Waals surface area contributed by atoms with Crippen LogP contribution in [0, 0.1) is 0 Å². The zero-order valence-electron chi connectivity index (χ0n) is 28.8. The number of amides is 1. The first kappa shape index (κ1) is 42.3. The molecule has 0 aliphatic carbocycles. The van der Waals surface area contributed by atoms with Crippen molar-refractivity contribution < 1.29 is 20.1 Å². The molecule has 1 amide bonds. The van der Waals surface area contributed by atoms with Crippen molar-refractivity contribution in [2.75, 3.05) is 6.61 Å². The number of allylic oxidation sites excluding steroid dienone is 6. The second-order valence-corrected chi connectivity index (χ2v) is 12.5. The number of hydrogen-bond acceptors (Lipinski definition) is 4. The standard InChI is InChI=1S/C39H71NO4/c1-3-5-7-9-11-12-13-14-15-16-17-18-19-20-21-22-23-24-25-27-29-31-33-38(43)37(35-41)40-39(44)34-36(42)32-30-28-26-10-8-6-4-2/h20-21,24-25,28,30-31,33,36-38,41-43H,3-19,22-23,26-27,29,32,34-35H2,1-2H3,(H,40,44)/b21-20+,25-24+,30-28-,33-31+. The summed E-state index contributed by atoms with van der Waals surface area (Å²) in [4.78, 5) is 12.3. The van der Waals surface area contributed by atoms with E-state index in [0.717, 1.165) is 38.5 Å². The molecule has 44 heavy (non-hydrogen) atoms. The number of hydrogen-bond donors (Lipinski definition) is 4. The largest absolute Gasteiger partial charge is 0.394 e. The highest BCUT2D eigenvalue weighted by atomic mass is 16.3. The maximum atomic E-state index is 12.3. The van der Waals surface area contributed by atoms with Crippen LogP contribution in [0.1, 0.15) is 168 Å². The summed E-state index contributed by atoms with van der Waals surface area (Å²) in [5, 5.41) is 32.7. The van der Waals surface area contributed by atoms with Gasteiger partial charge in [-0.3, -0.25) is 4.79 Å². The molecule has 3 unspecified atom stereocenters. The van der Waals surface area contributed by atoms with E-state index in [9.17, 15) is 20.1 Å². The molecule has 0 radical (unpaired) electrons. The van der Waals surface area contributed by atoms with E-state index in [-0.39, 0.29) is 18.9 Å². The van der Waals surface area contributed by atoms with Crippen LogP contribution >= 0.6 is 0 Å². The van der Waals surface area contributed by atoms with Crippen LogP contribution in [0.15, 0.2) is 48.6 Å². The minimum Gasteiger partial charge on any atom is -0.394 e. The lowest BCUT2D eigenvalue weighted by atomic mass is 10.0. The van der Waals surface area contributed by atoms with E-state index >= 15 is 0 Å². The zero-order valence-corrected chi connectivity index (χ0v) is 28.8. The first-order chi connectivity index (χ1) is 21.5. The Labute approximate surface area is 272 Å². The Bertz CT molecular complexity index is 730. The van der Waals surface area contributed by atoms with Crippen LogP contribution in [-0.4, -0.2) is 46.1 Å². The van der Waals surface area contributed by atoms with Crippen molar-refractivity contribution in [1.82, 2.24) is 5.32 Å². The SMILES string of the molecule is CCCCCC/C=C\CC(O)CC(=O)NC(CO)C(O)/C=C/CC/C=C/CC/C=C/CCCCCCCCCCCCCC. The molecule has 0 aliphatic heterocycles. The lowest BCUT2D eigenvalue weighted by Gasteiger charge is -2.20. The Hall–Kier alpha value is -1.69. The Morgan fingerprint density at radius 3 is 1.48 bits per heavy atom. The average molecular weight is 618 g/mol. The Morgan fingerprint density at radius 2 is 0.977 bits per heavy atom. The summed E-state index contributed by atoms with van der Waals surface area (Å²) in [5.74, 6) is -0.369. The molecule has 0 heterocycles. The molecule has 0 aliphatic rings. The van der Waals surface area contributed by atoms with Crippen LogP contribution in [-0.2, 0) is 4.79 Å². The van der Waals surface area contributed by atoms with Gasteiger partial charge in [0.05, 0.1) is 31.3 Å². The van der Waals surface area contributed by atoms with E-state index < -0.39 is 18.2 Å². The second-order valence-electron chi connectivity index (χ2n) is 12.5. The number of carbonyl (C=O) groups excluding carboxylic acids is 1. The molecule has 3 atom stereocenters. The van der Waals surface area contributed by atoms with Crippen molar-refractivity contribution in [3.05, 3.63) is 48.6 Å². The molecule has 4 N–H and O–H groups in total. The molecular weight excluding hydrogens is 546 g/mol. The maximum absolute atomic E-state index is 12.3. The number of aliphatic hydroxyl groups excluding tert-OH is 3. The number of unbranched alkanes of at least 4 members (excludes halogenated alkanes) is 18. The van der Waals surface area contributed by atoms with E-state index in [0.29, 0.717) is 6.42 Å². The number of nitrogens with one attached hydrogen (secondary N) is 1.